The normalized spacial score (nSPS) is 14.4. The zero-order valence-electron chi connectivity index (χ0n) is 20.5. The number of para-hydroxylation sites is 1. The zero-order chi connectivity index (χ0) is 24.4. The number of carbonyl (C=O) groups is 1. The molecule has 5 rings (SSSR count). The Morgan fingerprint density at radius 3 is 2.23 bits per heavy atom. The highest BCUT2D eigenvalue weighted by molar-refractivity contribution is 5.88. The highest BCUT2D eigenvalue weighted by Gasteiger charge is 2.26. The Labute approximate surface area is 205 Å². The molecule has 0 spiro atoms. The molecule has 1 N–H and O–H groups in total. The molecule has 1 saturated heterocycles. The van der Waals surface area contributed by atoms with Crippen molar-refractivity contribution in [3.05, 3.63) is 78.2 Å². The summed E-state index contributed by atoms with van der Waals surface area (Å²) in [4.78, 5) is 26.7. The lowest BCUT2D eigenvalue weighted by atomic mass is 10.1. The summed E-state index contributed by atoms with van der Waals surface area (Å²) in [6.07, 6.45) is 2.49. The van der Waals surface area contributed by atoms with Crippen LogP contribution in [-0.4, -0.2) is 62.4 Å². The average Bonchev–Trinajstić information content (AvgIpc) is 3.28. The number of piperazine rings is 1. The van der Waals surface area contributed by atoms with Gasteiger partial charge in [-0.15, -0.1) is 0 Å². The smallest absolute Gasteiger partial charge is 0.317 e. The number of amides is 2. The first-order valence-corrected chi connectivity index (χ1v) is 12.0. The van der Waals surface area contributed by atoms with E-state index in [2.05, 4.69) is 27.4 Å². The molecule has 180 valence electrons. The van der Waals surface area contributed by atoms with Crippen molar-refractivity contribution in [2.75, 3.05) is 31.1 Å². The minimum atomic E-state index is -0.259. The fraction of sp³-hybridized carbons (Fsp3) is 0.333. The number of anilines is 1. The van der Waals surface area contributed by atoms with Crippen LogP contribution in [0.4, 0.5) is 10.6 Å². The molecule has 3 heterocycles. The summed E-state index contributed by atoms with van der Waals surface area (Å²) in [5.74, 6) is 1.63. The minimum Gasteiger partial charge on any atom is -0.352 e. The molecule has 2 amide bonds. The molecular weight excluding hydrogens is 438 g/mol. The third kappa shape index (κ3) is 5.11. The van der Waals surface area contributed by atoms with Crippen LogP contribution in [0.5, 0.6) is 0 Å². The van der Waals surface area contributed by atoms with Crippen LogP contribution in [0.1, 0.15) is 32.2 Å². The van der Waals surface area contributed by atoms with E-state index in [0.29, 0.717) is 32.6 Å². The standard InChI is InChI=1S/C27H31N7O/c1-27(2,3)31-26(35)33-16-14-32(15-17-33)24-22-19-28-34(21-12-8-5-9-13-21)25(22)30-23(29-24)18-20-10-6-4-7-11-20/h4-13,19H,14-18H2,1-3H3,(H,31,35). The first kappa shape index (κ1) is 22.8. The highest BCUT2D eigenvalue weighted by atomic mass is 16.2. The zero-order valence-corrected chi connectivity index (χ0v) is 20.5. The summed E-state index contributed by atoms with van der Waals surface area (Å²) in [5, 5.41) is 8.64. The van der Waals surface area contributed by atoms with Crippen LogP contribution in [0.15, 0.2) is 66.9 Å². The number of carbonyl (C=O) groups excluding carboxylic acids is 1. The van der Waals surface area contributed by atoms with Gasteiger partial charge in [0.15, 0.2) is 5.65 Å². The summed E-state index contributed by atoms with van der Waals surface area (Å²) in [7, 11) is 0. The molecule has 2 aromatic carbocycles. The van der Waals surface area contributed by atoms with Gasteiger partial charge in [0.2, 0.25) is 0 Å². The van der Waals surface area contributed by atoms with E-state index in [1.165, 1.54) is 0 Å². The van der Waals surface area contributed by atoms with Gasteiger partial charge in [0, 0.05) is 38.1 Å². The average molecular weight is 470 g/mol. The number of hydrogen-bond donors (Lipinski definition) is 1. The summed E-state index contributed by atoms with van der Waals surface area (Å²) >= 11 is 0. The van der Waals surface area contributed by atoms with Gasteiger partial charge in [-0.2, -0.15) is 5.10 Å². The van der Waals surface area contributed by atoms with Crippen LogP contribution >= 0.6 is 0 Å². The van der Waals surface area contributed by atoms with Crippen molar-refractivity contribution in [2.24, 2.45) is 0 Å². The second-order valence-corrected chi connectivity index (χ2v) is 9.91. The van der Waals surface area contributed by atoms with Gasteiger partial charge < -0.3 is 15.1 Å². The number of nitrogens with zero attached hydrogens (tertiary/aromatic N) is 6. The summed E-state index contributed by atoms with van der Waals surface area (Å²) in [6, 6.07) is 20.3. The van der Waals surface area contributed by atoms with Gasteiger partial charge in [0.05, 0.1) is 17.3 Å². The van der Waals surface area contributed by atoms with Crippen molar-refractivity contribution in [3.8, 4) is 5.69 Å². The lowest BCUT2D eigenvalue weighted by Gasteiger charge is -2.37. The maximum Gasteiger partial charge on any atom is 0.317 e. The van der Waals surface area contributed by atoms with E-state index in [0.717, 1.165) is 33.9 Å². The van der Waals surface area contributed by atoms with E-state index < -0.39 is 0 Å². The molecule has 8 nitrogen and oxygen atoms in total. The van der Waals surface area contributed by atoms with Crippen LogP contribution in [-0.2, 0) is 6.42 Å². The fourth-order valence-electron chi connectivity index (χ4n) is 4.31. The molecule has 0 unspecified atom stereocenters. The first-order chi connectivity index (χ1) is 16.9. The number of nitrogens with one attached hydrogen (secondary N) is 1. The Morgan fingerprint density at radius 2 is 1.57 bits per heavy atom. The van der Waals surface area contributed by atoms with Crippen molar-refractivity contribution in [1.82, 2.24) is 30.0 Å². The largest absolute Gasteiger partial charge is 0.352 e. The third-order valence-corrected chi connectivity index (χ3v) is 6.01. The first-order valence-electron chi connectivity index (χ1n) is 12.0. The SMILES string of the molecule is CC(C)(C)NC(=O)N1CCN(c2nc(Cc3ccccc3)nc3c2cnn3-c2ccccc2)CC1. The maximum absolute atomic E-state index is 12.6. The Balaban J connectivity index is 1.47. The molecule has 2 aromatic heterocycles. The van der Waals surface area contributed by atoms with E-state index >= 15 is 0 Å². The highest BCUT2D eigenvalue weighted by Crippen LogP contribution is 2.27. The van der Waals surface area contributed by atoms with E-state index in [1.54, 1.807) is 0 Å². The Morgan fingerprint density at radius 1 is 0.914 bits per heavy atom. The molecule has 0 radical (unpaired) electrons. The Kier molecular flexibility index (Phi) is 6.11. The molecule has 0 atom stereocenters. The van der Waals surface area contributed by atoms with Crippen LogP contribution in [0.25, 0.3) is 16.7 Å². The number of hydrogen-bond acceptors (Lipinski definition) is 5. The second-order valence-electron chi connectivity index (χ2n) is 9.91. The summed E-state index contributed by atoms with van der Waals surface area (Å²) < 4.78 is 1.88. The van der Waals surface area contributed by atoms with Crippen molar-refractivity contribution in [2.45, 2.75) is 32.7 Å². The van der Waals surface area contributed by atoms with Gasteiger partial charge in [0.1, 0.15) is 11.6 Å². The number of aromatic nitrogens is 4. The van der Waals surface area contributed by atoms with Gasteiger partial charge >= 0.3 is 6.03 Å². The fourth-order valence-corrected chi connectivity index (χ4v) is 4.31. The summed E-state index contributed by atoms with van der Waals surface area (Å²) in [5.41, 5.74) is 2.65. The number of urea groups is 1. The minimum absolute atomic E-state index is 0.0216. The molecule has 4 aromatic rings. The number of rotatable bonds is 4. The predicted molar refractivity (Wildman–Crippen MR) is 138 cm³/mol. The van der Waals surface area contributed by atoms with E-state index in [1.807, 2.05) is 85.1 Å². The summed E-state index contributed by atoms with van der Waals surface area (Å²) in [6.45, 7) is 8.66. The molecule has 8 heteroatoms. The molecule has 1 aliphatic rings. The molecule has 1 fully saturated rings. The molecular formula is C27H31N7O. The molecule has 0 aliphatic carbocycles. The van der Waals surface area contributed by atoms with Crippen molar-refractivity contribution < 1.29 is 4.79 Å². The van der Waals surface area contributed by atoms with Crippen molar-refractivity contribution in [3.63, 3.8) is 0 Å². The van der Waals surface area contributed by atoms with Gasteiger partial charge in [-0.1, -0.05) is 48.5 Å². The molecule has 1 aliphatic heterocycles. The van der Waals surface area contributed by atoms with Gasteiger partial charge in [-0.05, 0) is 38.5 Å². The van der Waals surface area contributed by atoms with Crippen LogP contribution in [0, 0.1) is 0 Å². The molecule has 0 bridgehead atoms. The predicted octanol–water partition coefficient (Wildman–Crippen LogP) is 4.04. The maximum atomic E-state index is 12.6. The van der Waals surface area contributed by atoms with Gasteiger partial charge in [-0.25, -0.2) is 19.4 Å². The van der Waals surface area contributed by atoms with Gasteiger partial charge in [-0.3, -0.25) is 0 Å². The van der Waals surface area contributed by atoms with Gasteiger partial charge in [0.25, 0.3) is 0 Å². The lowest BCUT2D eigenvalue weighted by Crippen LogP contribution is -2.55. The molecule has 0 saturated carbocycles. The number of benzene rings is 2. The molecule has 35 heavy (non-hydrogen) atoms. The monoisotopic (exact) mass is 469 g/mol. The van der Waals surface area contributed by atoms with E-state index in [9.17, 15) is 4.79 Å². The van der Waals surface area contributed by atoms with Crippen molar-refractivity contribution >= 4 is 22.9 Å². The van der Waals surface area contributed by atoms with E-state index in [4.69, 9.17) is 9.97 Å². The van der Waals surface area contributed by atoms with Crippen LogP contribution < -0.4 is 10.2 Å². The topological polar surface area (TPSA) is 79.2 Å². The number of fused-ring (bicyclic) bond motifs is 1. The second kappa shape index (κ2) is 9.37. The quantitative estimate of drug-likeness (QED) is 0.488. The van der Waals surface area contributed by atoms with Crippen molar-refractivity contribution in [1.29, 1.82) is 0 Å². The van der Waals surface area contributed by atoms with Crippen LogP contribution in [0.2, 0.25) is 0 Å². The third-order valence-electron chi connectivity index (χ3n) is 6.01. The van der Waals surface area contributed by atoms with E-state index in [-0.39, 0.29) is 11.6 Å². The van der Waals surface area contributed by atoms with Crippen LogP contribution in [0.3, 0.4) is 0 Å². The lowest BCUT2D eigenvalue weighted by molar-refractivity contribution is 0.185. The Hall–Kier alpha value is -3.94. The Bertz CT molecular complexity index is 1300.